The van der Waals surface area contributed by atoms with Crippen molar-refractivity contribution in [1.82, 2.24) is 10.2 Å². The molecule has 5 heteroatoms. The molecule has 0 saturated carbocycles. The molecule has 0 heterocycles. The average Bonchev–Trinajstić information content (AvgIpc) is 2.81. The van der Waals surface area contributed by atoms with Crippen LogP contribution >= 0.6 is 11.6 Å². The van der Waals surface area contributed by atoms with Crippen molar-refractivity contribution < 1.29 is 9.59 Å². The molecule has 0 radical (unpaired) electrons. The van der Waals surface area contributed by atoms with Gasteiger partial charge in [-0.1, -0.05) is 72.6 Å². The number of benzene rings is 2. The van der Waals surface area contributed by atoms with Crippen LogP contribution in [0.2, 0.25) is 5.02 Å². The number of carbonyl (C=O) groups is 2. The number of rotatable bonds is 9. The fourth-order valence-corrected chi connectivity index (χ4v) is 4.12. The molecule has 1 atom stereocenters. The van der Waals surface area contributed by atoms with Crippen LogP contribution in [0.5, 0.6) is 0 Å². The average molecular weight is 439 g/mol. The summed E-state index contributed by atoms with van der Waals surface area (Å²) in [7, 11) is 0. The number of halogens is 1. The first kappa shape index (κ1) is 23.1. The number of nitrogens with one attached hydrogen (secondary N) is 1. The summed E-state index contributed by atoms with van der Waals surface area (Å²) in [6.07, 6.45) is 8.24. The van der Waals surface area contributed by atoms with Crippen LogP contribution < -0.4 is 5.32 Å². The summed E-state index contributed by atoms with van der Waals surface area (Å²) in [4.78, 5) is 28.0. The lowest BCUT2D eigenvalue weighted by atomic mass is 9.97. The van der Waals surface area contributed by atoms with Crippen LogP contribution in [0.3, 0.4) is 0 Å². The van der Waals surface area contributed by atoms with Gasteiger partial charge in [-0.15, -0.1) is 0 Å². The second-order valence-electron chi connectivity index (χ2n) is 7.96. The summed E-state index contributed by atoms with van der Waals surface area (Å²) in [5, 5.41) is 3.73. The summed E-state index contributed by atoms with van der Waals surface area (Å²) in [6, 6.07) is 16.3. The number of allylic oxidation sites excluding steroid dienone is 1. The molecule has 2 amide bonds. The van der Waals surface area contributed by atoms with Gasteiger partial charge in [0.1, 0.15) is 6.04 Å². The van der Waals surface area contributed by atoms with Crippen LogP contribution in [0.1, 0.15) is 62.6 Å². The molecule has 0 aromatic heterocycles. The van der Waals surface area contributed by atoms with Crippen molar-refractivity contribution in [1.29, 1.82) is 0 Å². The fraction of sp³-hybridized carbons (Fsp3) is 0.385. The molecular weight excluding hydrogens is 408 g/mol. The Labute approximate surface area is 190 Å². The topological polar surface area (TPSA) is 49.4 Å². The Kier molecular flexibility index (Phi) is 8.72. The Morgan fingerprint density at radius 1 is 1.06 bits per heavy atom. The maximum atomic E-state index is 13.3. The standard InChI is InChI=1S/C26H31ClN2O2/c1-2-24(30)29(19-21-13-15-23(27)16-14-21)25(22-11-7-4-8-12-22)26(31)28-18-17-20-9-5-3-6-10-20/h4,7-9,11-16,25H,2-3,5-6,10,17-19H2,1H3,(H,28,31)/t25-/m1/s1. The zero-order chi connectivity index (χ0) is 22.1. The van der Waals surface area contributed by atoms with Crippen LogP contribution in [0, 0.1) is 0 Å². The van der Waals surface area contributed by atoms with E-state index >= 15 is 0 Å². The molecule has 0 fully saturated rings. The quantitative estimate of drug-likeness (QED) is 0.501. The Bertz CT molecular complexity index is 893. The Morgan fingerprint density at radius 2 is 1.81 bits per heavy atom. The maximum Gasteiger partial charge on any atom is 0.247 e. The van der Waals surface area contributed by atoms with Gasteiger partial charge in [-0.3, -0.25) is 9.59 Å². The van der Waals surface area contributed by atoms with Crippen molar-refractivity contribution in [2.24, 2.45) is 0 Å². The largest absolute Gasteiger partial charge is 0.354 e. The number of hydrogen-bond acceptors (Lipinski definition) is 2. The molecule has 4 nitrogen and oxygen atoms in total. The van der Waals surface area contributed by atoms with Crippen LogP contribution in [-0.4, -0.2) is 23.3 Å². The van der Waals surface area contributed by atoms with E-state index in [1.807, 2.05) is 49.4 Å². The van der Waals surface area contributed by atoms with Crippen LogP contribution in [0.25, 0.3) is 0 Å². The highest BCUT2D eigenvalue weighted by molar-refractivity contribution is 6.30. The molecule has 0 aliphatic heterocycles. The van der Waals surface area contributed by atoms with Gasteiger partial charge in [-0.25, -0.2) is 0 Å². The van der Waals surface area contributed by atoms with Crippen LogP contribution in [0.15, 0.2) is 66.2 Å². The summed E-state index contributed by atoms with van der Waals surface area (Å²) < 4.78 is 0. The van der Waals surface area contributed by atoms with Gasteiger partial charge in [0.25, 0.3) is 0 Å². The molecule has 0 bridgehead atoms. The van der Waals surface area contributed by atoms with E-state index < -0.39 is 6.04 Å². The Morgan fingerprint density at radius 3 is 2.45 bits per heavy atom. The van der Waals surface area contributed by atoms with Crippen molar-refractivity contribution in [3.8, 4) is 0 Å². The van der Waals surface area contributed by atoms with Gasteiger partial charge in [0, 0.05) is 24.5 Å². The van der Waals surface area contributed by atoms with E-state index in [0.717, 1.165) is 30.4 Å². The lowest BCUT2D eigenvalue weighted by Crippen LogP contribution is -2.43. The van der Waals surface area contributed by atoms with E-state index in [0.29, 0.717) is 24.5 Å². The molecule has 31 heavy (non-hydrogen) atoms. The van der Waals surface area contributed by atoms with Gasteiger partial charge in [-0.2, -0.15) is 0 Å². The first-order valence-electron chi connectivity index (χ1n) is 11.1. The van der Waals surface area contributed by atoms with E-state index in [2.05, 4.69) is 11.4 Å². The van der Waals surface area contributed by atoms with Gasteiger partial charge < -0.3 is 10.2 Å². The van der Waals surface area contributed by atoms with Crippen LogP contribution in [-0.2, 0) is 16.1 Å². The first-order chi connectivity index (χ1) is 15.1. The molecular formula is C26H31ClN2O2. The maximum absolute atomic E-state index is 13.3. The monoisotopic (exact) mass is 438 g/mol. The summed E-state index contributed by atoms with van der Waals surface area (Å²) in [5.41, 5.74) is 3.17. The number of nitrogens with zero attached hydrogens (tertiary/aromatic N) is 1. The molecule has 0 unspecified atom stereocenters. The third-order valence-electron chi connectivity index (χ3n) is 5.69. The van der Waals surface area contributed by atoms with Gasteiger partial charge >= 0.3 is 0 Å². The molecule has 2 aromatic carbocycles. The second-order valence-corrected chi connectivity index (χ2v) is 8.40. The van der Waals surface area contributed by atoms with Gasteiger partial charge in [0.05, 0.1) is 0 Å². The Hall–Kier alpha value is -2.59. The van der Waals surface area contributed by atoms with E-state index in [4.69, 9.17) is 11.6 Å². The lowest BCUT2D eigenvalue weighted by Gasteiger charge is -2.31. The lowest BCUT2D eigenvalue weighted by molar-refractivity contribution is -0.141. The number of carbonyl (C=O) groups excluding carboxylic acids is 2. The molecule has 3 rings (SSSR count). The normalized spacial score (nSPS) is 14.5. The molecule has 1 N–H and O–H groups in total. The van der Waals surface area contributed by atoms with Crippen molar-refractivity contribution in [2.75, 3.05) is 6.54 Å². The minimum absolute atomic E-state index is 0.0612. The highest BCUT2D eigenvalue weighted by Gasteiger charge is 2.30. The highest BCUT2D eigenvalue weighted by atomic mass is 35.5. The molecule has 164 valence electrons. The van der Waals surface area contributed by atoms with Crippen molar-refractivity contribution >= 4 is 23.4 Å². The zero-order valence-corrected chi connectivity index (χ0v) is 18.9. The predicted molar refractivity (Wildman–Crippen MR) is 126 cm³/mol. The predicted octanol–water partition coefficient (Wildman–Crippen LogP) is 5.83. The summed E-state index contributed by atoms with van der Waals surface area (Å²) in [6.45, 7) is 2.76. The van der Waals surface area contributed by atoms with Crippen molar-refractivity contribution in [3.63, 3.8) is 0 Å². The van der Waals surface area contributed by atoms with Gasteiger partial charge in [0.15, 0.2) is 0 Å². The van der Waals surface area contributed by atoms with E-state index in [-0.39, 0.29) is 11.8 Å². The van der Waals surface area contributed by atoms with Crippen molar-refractivity contribution in [2.45, 2.75) is 58.0 Å². The molecule has 1 aliphatic carbocycles. The third-order valence-corrected chi connectivity index (χ3v) is 5.95. The van der Waals surface area contributed by atoms with E-state index in [9.17, 15) is 9.59 Å². The minimum atomic E-state index is -0.676. The number of hydrogen-bond donors (Lipinski definition) is 1. The van der Waals surface area contributed by atoms with Gasteiger partial charge in [0.2, 0.25) is 11.8 Å². The molecule has 0 spiro atoms. The van der Waals surface area contributed by atoms with Crippen molar-refractivity contribution in [3.05, 3.63) is 82.4 Å². The highest BCUT2D eigenvalue weighted by Crippen LogP contribution is 2.25. The third kappa shape index (κ3) is 6.70. The van der Waals surface area contributed by atoms with E-state index in [1.54, 1.807) is 17.0 Å². The molecule has 2 aromatic rings. The smallest absolute Gasteiger partial charge is 0.247 e. The minimum Gasteiger partial charge on any atom is -0.354 e. The SMILES string of the molecule is CCC(=O)N(Cc1ccc(Cl)cc1)[C@@H](C(=O)NCCC1=CCCCC1)c1ccccc1. The molecule has 1 aliphatic rings. The first-order valence-corrected chi connectivity index (χ1v) is 11.5. The fourth-order valence-electron chi connectivity index (χ4n) is 4.00. The van der Waals surface area contributed by atoms with Crippen LogP contribution in [0.4, 0.5) is 0 Å². The Balaban J connectivity index is 1.80. The summed E-state index contributed by atoms with van der Waals surface area (Å²) in [5.74, 6) is -0.202. The molecule has 0 saturated heterocycles. The number of amides is 2. The van der Waals surface area contributed by atoms with Gasteiger partial charge in [-0.05, 0) is 55.4 Å². The second kappa shape index (κ2) is 11.7. The summed E-state index contributed by atoms with van der Waals surface area (Å²) >= 11 is 6.02. The van der Waals surface area contributed by atoms with E-state index in [1.165, 1.54) is 18.4 Å². The zero-order valence-electron chi connectivity index (χ0n) is 18.1.